The predicted molar refractivity (Wildman–Crippen MR) is 99.0 cm³/mol. The number of aliphatic carboxylic acids is 2. The van der Waals surface area contributed by atoms with Crippen LogP contribution in [0.5, 0.6) is 5.75 Å². The Hall–Kier alpha value is -3.08. The molecule has 164 valence electrons. The molecule has 30 heavy (non-hydrogen) atoms. The number of carboxylic acids is 2. The van der Waals surface area contributed by atoms with Crippen LogP contribution in [0.25, 0.3) is 0 Å². The highest BCUT2D eigenvalue weighted by atomic mass is 19.4. The van der Waals surface area contributed by atoms with Gasteiger partial charge in [-0.15, -0.1) is 0 Å². The molecule has 1 aliphatic rings. The largest absolute Gasteiger partial charge is 0.490 e. The van der Waals surface area contributed by atoms with E-state index < -0.39 is 24.2 Å². The average molecular weight is 429 g/mol. The van der Waals surface area contributed by atoms with Crippen molar-refractivity contribution in [3.63, 3.8) is 0 Å². The topological polar surface area (TPSA) is 114 Å². The molecule has 8 nitrogen and oxygen atoms in total. The lowest BCUT2D eigenvalue weighted by atomic mass is 10.00. The summed E-state index contributed by atoms with van der Waals surface area (Å²) in [7, 11) is 0. The number of carbonyl (C=O) groups is 2. The summed E-state index contributed by atoms with van der Waals surface area (Å²) in [5, 5.41) is 23.6. The third kappa shape index (κ3) is 6.76. The maximum absolute atomic E-state index is 11.4. The number of hydrogen-bond acceptors (Lipinski definition) is 5. The summed E-state index contributed by atoms with van der Waals surface area (Å²) in [6.45, 7) is 4.92. The molecule has 0 fully saturated rings. The Balaban J connectivity index is 0.000000396. The van der Waals surface area contributed by atoms with Crippen LogP contribution in [0, 0.1) is 0 Å². The molecule has 1 aliphatic heterocycles. The monoisotopic (exact) mass is 429 g/mol. The molecule has 2 aromatic rings. The van der Waals surface area contributed by atoms with Crippen LogP contribution >= 0.6 is 0 Å². The molecule has 1 aromatic heterocycles. The second-order valence-electron chi connectivity index (χ2n) is 7.28. The van der Waals surface area contributed by atoms with Crippen molar-refractivity contribution in [2.75, 3.05) is 0 Å². The van der Waals surface area contributed by atoms with Gasteiger partial charge in [0, 0.05) is 25.4 Å². The molecule has 0 aliphatic carbocycles. The summed E-state index contributed by atoms with van der Waals surface area (Å²) < 4.78 is 39.2. The maximum atomic E-state index is 11.4. The molecule has 0 amide bonds. The summed E-state index contributed by atoms with van der Waals surface area (Å²) in [6, 6.07) is 7.12. The normalized spacial score (nSPS) is 15.4. The molecular weight excluding hydrogens is 407 g/mol. The Morgan fingerprint density at radius 1 is 1.33 bits per heavy atom. The van der Waals surface area contributed by atoms with Crippen LogP contribution in [-0.2, 0) is 29.1 Å². The Labute approximate surface area is 170 Å². The van der Waals surface area contributed by atoms with E-state index >= 15 is 0 Å². The summed E-state index contributed by atoms with van der Waals surface area (Å²) in [5.41, 5.74) is 2.06. The third-order valence-corrected chi connectivity index (χ3v) is 4.15. The Morgan fingerprint density at radius 3 is 2.53 bits per heavy atom. The van der Waals surface area contributed by atoms with E-state index in [2.05, 4.69) is 30.3 Å². The van der Waals surface area contributed by atoms with Gasteiger partial charge in [-0.25, -0.2) is 4.79 Å². The van der Waals surface area contributed by atoms with E-state index in [4.69, 9.17) is 14.6 Å². The zero-order chi connectivity index (χ0) is 22.5. The van der Waals surface area contributed by atoms with Crippen molar-refractivity contribution in [2.45, 2.75) is 51.2 Å². The fourth-order valence-electron chi connectivity index (χ4n) is 2.84. The number of nitrogens with zero attached hydrogens (tertiary/aromatic N) is 2. The highest BCUT2D eigenvalue weighted by molar-refractivity contribution is 5.73. The lowest BCUT2D eigenvalue weighted by molar-refractivity contribution is -0.192. The summed E-state index contributed by atoms with van der Waals surface area (Å²) >= 11 is 0. The number of hydrogen-bond donors (Lipinski definition) is 3. The number of benzene rings is 1. The first-order chi connectivity index (χ1) is 13.9. The minimum atomic E-state index is -5.08. The predicted octanol–water partition coefficient (Wildman–Crippen LogP) is 2.47. The zero-order valence-electron chi connectivity index (χ0n) is 16.3. The number of nitrogens with one attached hydrogen (secondary N) is 1. The first-order valence-electron chi connectivity index (χ1n) is 8.92. The number of rotatable bonds is 6. The van der Waals surface area contributed by atoms with Crippen LogP contribution in [0.4, 0.5) is 13.2 Å². The fourth-order valence-corrected chi connectivity index (χ4v) is 2.84. The van der Waals surface area contributed by atoms with Crippen LogP contribution in [0.1, 0.15) is 25.0 Å². The summed E-state index contributed by atoms with van der Waals surface area (Å²) in [6.07, 6.45) is -0.820. The van der Waals surface area contributed by atoms with Crippen LogP contribution < -0.4 is 10.1 Å². The van der Waals surface area contributed by atoms with Crippen molar-refractivity contribution in [1.82, 2.24) is 15.1 Å². The summed E-state index contributed by atoms with van der Waals surface area (Å²) in [4.78, 5) is 20.3. The van der Waals surface area contributed by atoms with Crippen molar-refractivity contribution in [2.24, 2.45) is 0 Å². The van der Waals surface area contributed by atoms with Gasteiger partial charge in [0.15, 0.2) is 0 Å². The van der Waals surface area contributed by atoms with E-state index in [0.717, 1.165) is 17.7 Å². The first kappa shape index (κ1) is 23.2. The average Bonchev–Trinajstić information content (AvgIpc) is 3.23. The molecule has 0 saturated carbocycles. The number of fused-ring (bicyclic) bond motifs is 1. The van der Waals surface area contributed by atoms with Crippen LogP contribution in [0.15, 0.2) is 36.7 Å². The number of alkyl halides is 3. The van der Waals surface area contributed by atoms with Gasteiger partial charge < -0.3 is 14.9 Å². The molecule has 11 heteroatoms. The smallest absolute Gasteiger partial charge is 0.487 e. The molecule has 1 unspecified atom stereocenters. The number of halogens is 3. The minimum Gasteiger partial charge on any atom is -0.487 e. The number of carboxylic acid groups (broad SMARTS) is 2. The van der Waals surface area contributed by atoms with Crippen molar-refractivity contribution in [3.05, 3.63) is 47.8 Å². The molecule has 0 spiro atoms. The molecule has 0 bridgehead atoms. The molecular formula is C19H22F3N3O5. The van der Waals surface area contributed by atoms with Crippen LogP contribution in [-0.4, -0.2) is 49.8 Å². The second-order valence-corrected chi connectivity index (χ2v) is 7.28. The van der Waals surface area contributed by atoms with Gasteiger partial charge in [-0.05, 0) is 37.1 Å². The van der Waals surface area contributed by atoms with E-state index in [-0.39, 0.29) is 5.60 Å². The summed E-state index contributed by atoms with van der Waals surface area (Å²) in [5.74, 6) is -2.72. The van der Waals surface area contributed by atoms with Gasteiger partial charge in [0.05, 0.1) is 6.54 Å². The highest BCUT2D eigenvalue weighted by Crippen LogP contribution is 2.35. The first-order valence-corrected chi connectivity index (χ1v) is 8.92. The zero-order valence-corrected chi connectivity index (χ0v) is 16.3. The molecule has 1 aromatic carbocycles. The van der Waals surface area contributed by atoms with Crippen LogP contribution in [0.3, 0.4) is 0 Å². The fraction of sp³-hybridized carbons (Fsp3) is 0.421. The van der Waals surface area contributed by atoms with Gasteiger partial charge in [-0.3, -0.25) is 14.8 Å². The maximum Gasteiger partial charge on any atom is 0.490 e. The van der Waals surface area contributed by atoms with Gasteiger partial charge in [-0.1, -0.05) is 12.1 Å². The second kappa shape index (κ2) is 9.16. The molecule has 0 saturated heterocycles. The van der Waals surface area contributed by atoms with Crippen molar-refractivity contribution >= 4 is 11.9 Å². The minimum absolute atomic E-state index is 0.169. The standard InChI is InChI=1S/C17H21N3O3.C2HF3O2/c1-17(2)9-13-8-12(4-5-15(13)23-17)10-18-14(16(21)22)11-20-7-3-6-19-20;3-2(4,5)1(6)7/h3-8,14,18H,9-11H2,1-2H3,(H,21,22);(H,6,7). The van der Waals surface area contributed by atoms with Gasteiger partial charge in [-0.2, -0.15) is 18.3 Å². The van der Waals surface area contributed by atoms with Gasteiger partial charge in [0.1, 0.15) is 17.4 Å². The quantitative estimate of drug-likeness (QED) is 0.646. The van der Waals surface area contributed by atoms with E-state index in [1.165, 1.54) is 5.56 Å². The lowest BCUT2D eigenvalue weighted by Crippen LogP contribution is -2.39. The van der Waals surface area contributed by atoms with E-state index in [1.807, 2.05) is 12.1 Å². The SMILES string of the molecule is CC1(C)Cc2cc(CNC(Cn3cccn3)C(=O)O)ccc2O1.O=C(O)C(F)(F)F. The molecule has 3 N–H and O–H groups in total. The Morgan fingerprint density at radius 2 is 2.00 bits per heavy atom. The number of aromatic nitrogens is 2. The van der Waals surface area contributed by atoms with Crippen molar-refractivity contribution in [3.8, 4) is 5.75 Å². The molecule has 0 radical (unpaired) electrons. The Kier molecular flexibility index (Phi) is 7.08. The molecule has 3 rings (SSSR count). The molecule has 2 heterocycles. The van der Waals surface area contributed by atoms with Gasteiger partial charge >= 0.3 is 18.1 Å². The van der Waals surface area contributed by atoms with E-state index in [9.17, 15) is 23.1 Å². The van der Waals surface area contributed by atoms with Gasteiger partial charge in [0.2, 0.25) is 0 Å². The Bertz CT molecular complexity index is 882. The number of ether oxygens (including phenoxy) is 1. The van der Waals surface area contributed by atoms with Crippen LogP contribution in [0.2, 0.25) is 0 Å². The van der Waals surface area contributed by atoms with Gasteiger partial charge in [0.25, 0.3) is 0 Å². The highest BCUT2D eigenvalue weighted by Gasteiger charge is 2.38. The third-order valence-electron chi connectivity index (χ3n) is 4.15. The van der Waals surface area contributed by atoms with Crippen molar-refractivity contribution < 1.29 is 37.7 Å². The lowest BCUT2D eigenvalue weighted by Gasteiger charge is -2.16. The van der Waals surface area contributed by atoms with E-state index in [1.54, 1.807) is 23.1 Å². The molecule has 1 atom stereocenters. The van der Waals surface area contributed by atoms with E-state index in [0.29, 0.717) is 13.1 Å². The van der Waals surface area contributed by atoms with Crippen molar-refractivity contribution in [1.29, 1.82) is 0 Å².